The number of hydrogen-bond acceptors (Lipinski definition) is 3. The van der Waals surface area contributed by atoms with Crippen LogP contribution in [0.5, 0.6) is 0 Å². The molecule has 0 unspecified atom stereocenters. The van der Waals surface area contributed by atoms with Crippen molar-refractivity contribution in [3.8, 4) is 0 Å². The second-order valence-electron chi connectivity index (χ2n) is 5.65. The van der Waals surface area contributed by atoms with Crippen LogP contribution in [0.4, 0.5) is 10.1 Å². The molecule has 0 fully saturated rings. The van der Waals surface area contributed by atoms with Gasteiger partial charge in [0.05, 0.1) is 18.3 Å². The molecule has 1 aliphatic rings. The van der Waals surface area contributed by atoms with Gasteiger partial charge in [-0.1, -0.05) is 29.8 Å². The maximum Gasteiger partial charge on any atom is 0.340 e. The number of anilines is 1. The number of allylic oxidation sites excluding steroid dienone is 1. The minimum absolute atomic E-state index is 0.0781. The van der Waals surface area contributed by atoms with Crippen molar-refractivity contribution in [3.63, 3.8) is 0 Å². The molecular weight excluding hydrogens is 357 g/mol. The molecular formula is C20H15ClFNO3. The molecule has 0 saturated carbocycles. The number of ether oxygens (including phenoxy) is 1. The SMILES string of the molecule is COC(=O)C1=C(C)N(c2ccc(Cl)cc2)C(=O)/C1=C\c1ccccc1F. The van der Waals surface area contributed by atoms with Crippen LogP contribution in [0.3, 0.4) is 0 Å². The summed E-state index contributed by atoms with van der Waals surface area (Å²) in [6.07, 6.45) is 1.36. The molecule has 6 heteroatoms. The van der Waals surface area contributed by atoms with Crippen LogP contribution in [-0.4, -0.2) is 19.0 Å². The van der Waals surface area contributed by atoms with Gasteiger partial charge >= 0.3 is 5.97 Å². The third kappa shape index (κ3) is 3.13. The number of esters is 1. The molecule has 132 valence electrons. The number of carbonyl (C=O) groups excluding carboxylic acids is 2. The van der Waals surface area contributed by atoms with E-state index in [0.29, 0.717) is 16.4 Å². The third-order valence-corrected chi connectivity index (χ3v) is 4.33. The molecule has 0 aliphatic carbocycles. The highest BCUT2D eigenvalue weighted by Gasteiger charge is 2.38. The Morgan fingerprint density at radius 1 is 1.15 bits per heavy atom. The number of methoxy groups -OCH3 is 1. The first-order valence-corrected chi connectivity index (χ1v) is 8.17. The lowest BCUT2D eigenvalue weighted by Gasteiger charge is -2.17. The molecule has 4 nitrogen and oxygen atoms in total. The van der Waals surface area contributed by atoms with Crippen LogP contribution in [-0.2, 0) is 14.3 Å². The molecule has 0 bridgehead atoms. The average molecular weight is 372 g/mol. The highest BCUT2D eigenvalue weighted by atomic mass is 35.5. The molecule has 3 rings (SSSR count). The first-order valence-electron chi connectivity index (χ1n) is 7.80. The Hall–Kier alpha value is -2.92. The Kier molecular flexibility index (Phi) is 4.91. The van der Waals surface area contributed by atoms with Gasteiger partial charge in [0.1, 0.15) is 5.82 Å². The quantitative estimate of drug-likeness (QED) is 0.595. The fourth-order valence-corrected chi connectivity index (χ4v) is 2.95. The molecule has 1 amide bonds. The van der Waals surface area contributed by atoms with Gasteiger partial charge < -0.3 is 4.74 Å². The Bertz CT molecular complexity index is 948. The lowest BCUT2D eigenvalue weighted by atomic mass is 10.0. The number of benzene rings is 2. The van der Waals surface area contributed by atoms with Gasteiger partial charge in [-0.3, -0.25) is 9.69 Å². The standard InChI is InChI=1S/C20H15ClFNO3/c1-12-18(20(25)26-2)16(11-13-5-3-4-6-17(13)22)19(24)23(12)15-9-7-14(21)8-10-15/h3-11H,1-2H3/b16-11-. The van der Waals surface area contributed by atoms with E-state index in [1.165, 1.54) is 30.2 Å². The van der Waals surface area contributed by atoms with E-state index in [1.807, 2.05) is 0 Å². The topological polar surface area (TPSA) is 46.6 Å². The van der Waals surface area contributed by atoms with E-state index < -0.39 is 17.7 Å². The fourth-order valence-electron chi connectivity index (χ4n) is 2.83. The van der Waals surface area contributed by atoms with Gasteiger partial charge in [-0.15, -0.1) is 0 Å². The van der Waals surface area contributed by atoms with Gasteiger partial charge in [-0.25, -0.2) is 9.18 Å². The van der Waals surface area contributed by atoms with Crippen molar-refractivity contribution < 1.29 is 18.7 Å². The summed E-state index contributed by atoms with van der Waals surface area (Å²) in [7, 11) is 1.23. The van der Waals surface area contributed by atoms with E-state index in [0.717, 1.165) is 0 Å². The van der Waals surface area contributed by atoms with Crippen LogP contribution in [0, 0.1) is 5.82 Å². The molecule has 0 atom stereocenters. The van der Waals surface area contributed by atoms with E-state index in [4.69, 9.17) is 16.3 Å². The molecule has 0 aromatic heterocycles. The number of carbonyl (C=O) groups is 2. The van der Waals surface area contributed by atoms with E-state index in [2.05, 4.69) is 0 Å². The van der Waals surface area contributed by atoms with Gasteiger partial charge in [0.25, 0.3) is 5.91 Å². The number of amides is 1. The normalized spacial score (nSPS) is 15.8. The van der Waals surface area contributed by atoms with Crippen LogP contribution in [0.1, 0.15) is 12.5 Å². The molecule has 2 aromatic carbocycles. The van der Waals surface area contributed by atoms with Gasteiger partial charge in [-0.2, -0.15) is 0 Å². The average Bonchev–Trinajstić information content (AvgIpc) is 2.87. The minimum atomic E-state index is -0.657. The van der Waals surface area contributed by atoms with Crippen LogP contribution in [0.2, 0.25) is 5.02 Å². The van der Waals surface area contributed by atoms with E-state index >= 15 is 0 Å². The van der Waals surface area contributed by atoms with Gasteiger partial charge in [0, 0.05) is 22.0 Å². The summed E-state index contributed by atoms with van der Waals surface area (Å²) in [5.74, 6) is -1.58. The molecule has 0 N–H and O–H groups in total. The lowest BCUT2D eigenvalue weighted by molar-refractivity contribution is -0.136. The Balaban J connectivity index is 2.15. The largest absolute Gasteiger partial charge is 0.465 e. The fraction of sp³-hybridized carbons (Fsp3) is 0.100. The summed E-state index contributed by atoms with van der Waals surface area (Å²) >= 11 is 5.90. The van der Waals surface area contributed by atoms with Crippen LogP contribution in [0.15, 0.2) is 65.4 Å². The molecule has 1 aliphatic heterocycles. The number of halogens is 2. The monoisotopic (exact) mass is 371 g/mol. The summed E-state index contributed by atoms with van der Waals surface area (Å²) in [5.41, 5.74) is 1.36. The summed E-state index contributed by atoms with van der Waals surface area (Å²) in [6.45, 7) is 1.64. The lowest BCUT2D eigenvalue weighted by Crippen LogP contribution is -2.24. The van der Waals surface area contributed by atoms with Crippen molar-refractivity contribution in [2.75, 3.05) is 12.0 Å². The maximum atomic E-state index is 14.0. The predicted molar refractivity (Wildman–Crippen MR) is 98.0 cm³/mol. The zero-order chi connectivity index (χ0) is 18.8. The van der Waals surface area contributed by atoms with Crippen molar-refractivity contribution in [1.82, 2.24) is 0 Å². The van der Waals surface area contributed by atoms with Crippen LogP contribution >= 0.6 is 11.6 Å². The van der Waals surface area contributed by atoms with Crippen molar-refractivity contribution in [1.29, 1.82) is 0 Å². The Morgan fingerprint density at radius 3 is 2.42 bits per heavy atom. The number of rotatable bonds is 3. The van der Waals surface area contributed by atoms with Crippen LogP contribution < -0.4 is 4.90 Å². The molecule has 0 spiro atoms. The molecule has 26 heavy (non-hydrogen) atoms. The zero-order valence-electron chi connectivity index (χ0n) is 14.1. The van der Waals surface area contributed by atoms with Crippen molar-refractivity contribution in [2.24, 2.45) is 0 Å². The van der Waals surface area contributed by atoms with Gasteiger partial charge in [-0.05, 0) is 43.3 Å². The molecule has 0 radical (unpaired) electrons. The summed E-state index contributed by atoms with van der Waals surface area (Å²) in [6, 6.07) is 12.7. The molecule has 0 saturated heterocycles. The van der Waals surface area contributed by atoms with Crippen molar-refractivity contribution in [2.45, 2.75) is 6.92 Å². The van der Waals surface area contributed by atoms with E-state index in [1.54, 1.807) is 43.3 Å². The summed E-state index contributed by atoms with van der Waals surface area (Å²) in [4.78, 5) is 26.7. The van der Waals surface area contributed by atoms with Crippen LogP contribution in [0.25, 0.3) is 6.08 Å². The molecule has 1 heterocycles. The first kappa shape index (κ1) is 17.9. The number of nitrogens with zero attached hydrogens (tertiary/aromatic N) is 1. The summed E-state index contributed by atoms with van der Waals surface area (Å²) < 4.78 is 18.8. The van der Waals surface area contributed by atoms with Crippen molar-refractivity contribution >= 4 is 35.2 Å². The second-order valence-corrected chi connectivity index (χ2v) is 6.08. The third-order valence-electron chi connectivity index (χ3n) is 4.08. The van der Waals surface area contributed by atoms with Gasteiger partial charge in [0.15, 0.2) is 0 Å². The molecule has 2 aromatic rings. The Labute approximate surface area is 155 Å². The van der Waals surface area contributed by atoms with Gasteiger partial charge in [0.2, 0.25) is 0 Å². The predicted octanol–water partition coefficient (Wildman–Crippen LogP) is 4.36. The second kappa shape index (κ2) is 7.14. The first-order chi connectivity index (χ1) is 12.4. The maximum absolute atomic E-state index is 14.0. The number of hydrogen-bond donors (Lipinski definition) is 0. The highest BCUT2D eigenvalue weighted by molar-refractivity contribution is 6.30. The smallest absolute Gasteiger partial charge is 0.340 e. The van der Waals surface area contributed by atoms with Crippen molar-refractivity contribution in [3.05, 3.63) is 81.8 Å². The van der Waals surface area contributed by atoms with E-state index in [-0.39, 0.29) is 16.7 Å². The van der Waals surface area contributed by atoms with E-state index in [9.17, 15) is 14.0 Å². The summed E-state index contributed by atoms with van der Waals surface area (Å²) in [5, 5.41) is 0.525. The zero-order valence-corrected chi connectivity index (χ0v) is 14.9. The Morgan fingerprint density at radius 2 is 1.81 bits per heavy atom. The highest BCUT2D eigenvalue weighted by Crippen LogP contribution is 2.36. The minimum Gasteiger partial charge on any atom is -0.465 e.